The van der Waals surface area contributed by atoms with Crippen molar-refractivity contribution in [3.05, 3.63) is 95.7 Å². The maximum absolute atomic E-state index is 11.4. The van der Waals surface area contributed by atoms with Crippen molar-refractivity contribution in [3.63, 3.8) is 0 Å². The average Bonchev–Trinajstić information content (AvgIpc) is 2.94. The van der Waals surface area contributed by atoms with Crippen molar-refractivity contribution < 1.29 is 9.90 Å². The topological polar surface area (TPSA) is 42.2 Å². The first-order chi connectivity index (χ1) is 13.1. The molecule has 0 aliphatic rings. The van der Waals surface area contributed by atoms with Crippen LogP contribution in [0.5, 0.6) is 0 Å². The molecular formula is C24H21NO2. The van der Waals surface area contributed by atoms with Crippen LogP contribution in [-0.4, -0.2) is 15.6 Å². The summed E-state index contributed by atoms with van der Waals surface area (Å²) >= 11 is 0. The number of hydrogen-bond donors (Lipinski definition) is 1. The lowest BCUT2D eigenvalue weighted by atomic mass is 10.0. The number of aliphatic carboxylic acids is 1. The van der Waals surface area contributed by atoms with Gasteiger partial charge in [-0.15, -0.1) is 0 Å². The van der Waals surface area contributed by atoms with Gasteiger partial charge in [-0.3, -0.25) is 4.79 Å². The molecule has 4 rings (SSSR count). The molecule has 0 aliphatic heterocycles. The second-order valence-corrected chi connectivity index (χ2v) is 6.80. The monoisotopic (exact) mass is 355 g/mol. The van der Waals surface area contributed by atoms with Crippen molar-refractivity contribution in [1.82, 2.24) is 4.57 Å². The second-order valence-electron chi connectivity index (χ2n) is 6.80. The molecule has 3 aromatic carbocycles. The predicted octanol–water partition coefficient (Wildman–Crippen LogP) is 5.29. The molecule has 0 atom stereocenters. The maximum atomic E-state index is 11.4. The number of nitrogens with zero attached hydrogens (tertiary/aromatic N) is 1. The molecule has 1 N–H and O–H groups in total. The average molecular weight is 355 g/mol. The lowest BCUT2D eigenvalue weighted by Gasteiger charge is -2.10. The summed E-state index contributed by atoms with van der Waals surface area (Å²) in [5.74, 6) is -0.802. The van der Waals surface area contributed by atoms with Gasteiger partial charge in [0, 0.05) is 23.1 Å². The molecule has 0 saturated heterocycles. The van der Waals surface area contributed by atoms with E-state index in [0.29, 0.717) is 0 Å². The molecule has 0 saturated carbocycles. The van der Waals surface area contributed by atoms with Gasteiger partial charge in [-0.1, -0.05) is 72.8 Å². The Morgan fingerprint density at radius 3 is 2.22 bits per heavy atom. The third kappa shape index (κ3) is 3.36. The molecule has 1 heterocycles. The summed E-state index contributed by atoms with van der Waals surface area (Å²) in [6, 6.07) is 26.8. The van der Waals surface area contributed by atoms with E-state index in [0.717, 1.165) is 39.8 Å². The highest BCUT2D eigenvalue weighted by atomic mass is 16.4. The van der Waals surface area contributed by atoms with Crippen LogP contribution in [0.3, 0.4) is 0 Å². The van der Waals surface area contributed by atoms with E-state index in [1.54, 1.807) is 0 Å². The zero-order valence-corrected chi connectivity index (χ0v) is 15.2. The number of carbonyl (C=O) groups is 1. The van der Waals surface area contributed by atoms with E-state index >= 15 is 0 Å². The SMILES string of the molecule is Cc1c(CC(=O)O)c2ccc(-c3ccccc3)cc2n1Cc1ccccc1. The summed E-state index contributed by atoms with van der Waals surface area (Å²) in [7, 11) is 0. The fourth-order valence-corrected chi connectivity index (χ4v) is 3.70. The van der Waals surface area contributed by atoms with Crippen molar-refractivity contribution in [2.75, 3.05) is 0 Å². The summed E-state index contributed by atoms with van der Waals surface area (Å²) < 4.78 is 2.23. The summed E-state index contributed by atoms with van der Waals surface area (Å²) in [4.78, 5) is 11.4. The van der Waals surface area contributed by atoms with Crippen LogP contribution in [0, 0.1) is 6.92 Å². The fraction of sp³-hybridized carbons (Fsp3) is 0.125. The van der Waals surface area contributed by atoms with Gasteiger partial charge in [-0.25, -0.2) is 0 Å². The molecule has 0 amide bonds. The van der Waals surface area contributed by atoms with Crippen LogP contribution < -0.4 is 0 Å². The van der Waals surface area contributed by atoms with Crippen LogP contribution in [-0.2, 0) is 17.8 Å². The van der Waals surface area contributed by atoms with Crippen LogP contribution in [0.1, 0.15) is 16.8 Å². The number of benzene rings is 3. The van der Waals surface area contributed by atoms with Crippen LogP contribution in [0.15, 0.2) is 78.9 Å². The van der Waals surface area contributed by atoms with Crippen LogP contribution in [0.25, 0.3) is 22.0 Å². The third-order valence-electron chi connectivity index (χ3n) is 5.07. The predicted molar refractivity (Wildman–Crippen MR) is 109 cm³/mol. The lowest BCUT2D eigenvalue weighted by molar-refractivity contribution is -0.136. The Kier molecular flexibility index (Phi) is 4.51. The molecule has 3 nitrogen and oxygen atoms in total. The minimum Gasteiger partial charge on any atom is -0.481 e. The molecule has 0 bridgehead atoms. The van der Waals surface area contributed by atoms with Crippen molar-refractivity contribution >= 4 is 16.9 Å². The first-order valence-corrected chi connectivity index (χ1v) is 9.06. The quantitative estimate of drug-likeness (QED) is 0.528. The molecular weight excluding hydrogens is 334 g/mol. The Morgan fingerprint density at radius 1 is 0.889 bits per heavy atom. The molecule has 0 aliphatic carbocycles. The van der Waals surface area contributed by atoms with Gasteiger partial charge in [0.2, 0.25) is 0 Å². The number of carboxylic acid groups (broad SMARTS) is 1. The van der Waals surface area contributed by atoms with E-state index in [1.807, 2.05) is 43.3 Å². The van der Waals surface area contributed by atoms with Crippen molar-refractivity contribution in [2.45, 2.75) is 19.9 Å². The summed E-state index contributed by atoms with van der Waals surface area (Å²) in [5, 5.41) is 10.4. The zero-order chi connectivity index (χ0) is 18.8. The molecule has 1 aromatic heterocycles. The summed E-state index contributed by atoms with van der Waals surface area (Å²) in [6.45, 7) is 2.74. The second kappa shape index (κ2) is 7.12. The lowest BCUT2D eigenvalue weighted by Crippen LogP contribution is -2.05. The first kappa shape index (κ1) is 17.1. The van der Waals surface area contributed by atoms with Crippen LogP contribution >= 0.6 is 0 Å². The van der Waals surface area contributed by atoms with Crippen molar-refractivity contribution in [1.29, 1.82) is 0 Å². The van der Waals surface area contributed by atoms with Crippen LogP contribution in [0.2, 0.25) is 0 Å². The van der Waals surface area contributed by atoms with Gasteiger partial charge in [0.15, 0.2) is 0 Å². The first-order valence-electron chi connectivity index (χ1n) is 9.06. The molecule has 3 heteroatoms. The van der Waals surface area contributed by atoms with Gasteiger partial charge in [0.25, 0.3) is 0 Å². The minimum absolute atomic E-state index is 0.0365. The minimum atomic E-state index is -0.802. The largest absolute Gasteiger partial charge is 0.481 e. The Balaban J connectivity index is 1.90. The van der Waals surface area contributed by atoms with Gasteiger partial charge in [-0.05, 0) is 35.2 Å². The highest BCUT2D eigenvalue weighted by Gasteiger charge is 2.17. The number of fused-ring (bicyclic) bond motifs is 1. The molecule has 0 unspecified atom stereocenters. The van der Waals surface area contributed by atoms with E-state index in [4.69, 9.17) is 0 Å². The van der Waals surface area contributed by atoms with Gasteiger partial charge < -0.3 is 9.67 Å². The van der Waals surface area contributed by atoms with E-state index in [9.17, 15) is 9.90 Å². The number of carboxylic acids is 1. The van der Waals surface area contributed by atoms with E-state index in [1.165, 1.54) is 5.56 Å². The molecule has 4 aromatic rings. The highest BCUT2D eigenvalue weighted by Crippen LogP contribution is 2.31. The number of hydrogen-bond acceptors (Lipinski definition) is 1. The zero-order valence-electron chi connectivity index (χ0n) is 15.2. The van der Waals surface area contributed by atoms with E-state index in [-0.39, 0.29) is 6.42 Å². The van der Waals surface area contributed by atoms with Crippen molar-refractivity contribution in [2.24, 2.45) is 0 Å². The number of rotatable bonds is 5. The van der Waals surface area contributed by atoms with Gasteiger partial charge in [0.1, 0.15) is 0 Å². The highest BCUT2D eigenvalue weighted by molar-refractivity contribution is 5.92. The van der Waals surface area contributed by atoms with E-state index in [2.05, 4.69) is 47.0 Å². The standard InChI is InChI=1S/C24H21NO2/c1-17-22(15-24(26)27)21-13-12-20(19-10-6-3-7-11-19)14-23(21)25(17)16-18-8-4-2-5-9-18/h2-14H,15-16H2,1H3,(H,26,27). The molecule has 27 heavy (non-hydrogen) atoms. The van der Waals surface area contributed by atoms with Crippen molar-refractivity contribution in [3.8, 4) is 11.1 Å². The fourth-order valence-electron chi connectivity index (χ4n) is 3.70. The number of aromatic nitrogens is 1. The Hall–Kier alpha value is -3.33. The van der Waals surface area contributed by atoms with Gasteiger partial charge in [-0.2, -0.15) is 0 Å². The van der Waals surface area contributed by atoms with Crippen LogP contribution in [0.4, 0.5) is 0 Å². The van der Waals surface area contributed by atoms with Gasteiger partial charge >= 0.3 is 5.97 Å². The smallest absolute Gasteiger partial charge is 0.307 e. The van der Waals surface area contributed by atoms with E-state index < -0.39 is 5.97 Å². The molecule has 0 radical (unpaired) electrons. The summed E-state index contributed by atoms with van der Waals surface area (Å²) in [6.07, 6.45) is 0.0365. The Bertz CT molecular complexity index is 1100. The molecule has 0 spiro atoms. The normalized spacial score (nSPS) is 11.0. The Labute approximate surface area is 158 Å². The third-order valence-corrected chi connectivity index (χ3v) is 5.07. The molecule has 0 fully saturated rings. The maximum Gasteiger partial charge on any atom is 0.307 e. The van der Waals surface area contributed by atoms with Gasteiger partial charge in [0.05, 0.1) is 6.42 Å². The Morgan fingerprint density at radius 2 is 1.56 bits per heavy atom. The molecule has 134 valence electrons. The summed E-state index contributed by atoms with van der Waals surface area (Å²) in [5.41, 5.74) is 6.48.